The summed E-state index contributed by atoms with van der Waals surface area (Å²) in [5.41, 5.74) is 0. The second-order valence-electron chi connectivity index (χ2n) is 5.02. The largest absolute Gasteiger partial charge is 0.391 e. The first-order chi connectivity index (χ1) is 8.46. The summed E-state index contributed by atoms with van der Waals surface area (Å²) in [7, 11) is -3.42. The normalized spacial score (nSPS) is 21.9. The van der Waals surface area contributed by atoms with Gasteiger partial charge in [-0.2, -0.15) is 4.31 Å². The van der Waals surface area contributed by atoms with Gasteiger partial charge in [-0.15, -0.1) is 11.3 Å². The van der Waals surface area contributed by atoms with Crippen molar-refractivity contribution in [3.05, 3.63) is 16.3 Å². The Kier molecular flexibility index (Phi) is 4.11. The molecular formula is C12H19NO3S2. The Morgan fingerprint density at radius 3 is 2.83 bits per heavy atom. The fourth-order valence-corrected chi connectivity index (χ4v) is 5.11. The Bertz CT molecular complexity index is 507. The van der Waals surface area contributed by atoms with Crippen LogP contribution >= 0.6 is 11.3 Å². The summed E-state index contributed by atoms with van der Waals surface area (Å²) in [6.45, 7) is 5.23. The van der Waals surface area contributed by atoms with Gasteiger partial charge in [0.25, 0.3) is 0 Å². The lowest BCUT2D eigenvalue weighted by atomic mass is 9.96. The monoisotopic (exact) mass is 289 g/mol. The summed E-state index contributed by atoms with van der Waals surface area (Å²) in [6.07, 6.45) is 0.926. The highest BCUT2D eigenvalue weighted by Crippen LogP contribution is 2.31. The molecular weight excluding hydrogens is 270 g/mol. The number of thiophene rings is 1. The summed E-state index contributed by atoms with van der Waals surface area (Å²) >= 11 is 1.29. The van der Waals surface area contributed by atoms with E-state index in [0.29, 0.717) is 29.8 Å². The molecule has 0 spiro atoms. The molecule has 1 aromatic heterocycles. The number of hydrogen-bond acceptors (Lipinski definition) is 4. The van der Waals surface area contributed by atoms with E-state index in [1.165, 1.54) is 11.3 Å². The first kappa shape index (κ1) is 14.0. The molecule has 2 heterocycles. The molecule has 18 heavy (non-hydrogen) atoms. The van der Waals surface area contributed by atoms with Crippen molar-refractivity contribution in [3.8, 4) is 0 Å². The van der Waals surface area contributed by atoms with Crippen LogP contribution in [0, 0.1) is 11.8 Å². The number of sulfonamides is 1. The molecule has 102 valence electrons. The lowest BCUT2D eigenvalue weighted by molar-refractivity contribution is 0.282. The summed E-state index contributed by atoms with van der Waals surface area (Å²) < 4.78 is 26.5. The predicted octanol–water partition coefficient (Wildman–Crippen LogP) is 1.91. The molecule has 1 unspecified atom stereocenters. The summed E-state index contributed by atoms with van der Waals surface area (Å²) in [4.78, 5) is 0.808. The fraction of sp³-hybridized carbons (Fsp3) is 0.667. The van der Waals surface area contributed by atoms with Gasteiger partial charge in [-0.25, -0.2) is 8.42 Å². The van der Waals surface area contributed by atoms with Gasteiger partial charge in [0, 0.05) is 18.0 Å². The van der Waals surface area contributed by atoms with Crippen molar-refractivity contribution in [2.45, 2.75) is 31.8 Å². The zero-order valence-corrected chi connectivity index (χ0v) is 12.3. The third-order valence-electron chi connectivity index (χ3n) is 3.60. The fourth-order valence-electron chi connectivity index (χ4n) is 2.33. The molecule has 1 aliphatic rings. The van der Waals surface area contributed by atoms with E-state index in [9.17, 15) is 13.5 Å². The Morgan fingerprint density at radius 2 is 2.28 bits per heavy atom. The molecule has 0 bridgehead atoms. The van der Waals surface area contributed by atoms with Crippen LogP contribution in [0.1, 0.15) is 25.1 Å². The number of aliphatic hydroxyl groups is 1. The van der Waals surface area contributed by atoms with E-state index in [1.807, 2.05) is 0 Å². The summed E-state index contributed by atoms with van der Waals surface area (Å²) in [6, 6.07) is 1.59. The van der Waals surface area contributed by atoms with Gasteiger partial charge in [0.2, 0.25) is 10.0 Å². The minimum atomic E-state index is -3.42. The molecule has 1 aromatic rings. The topological polar surface area (TPSA) is 57.6 Å². The van der Waals surface area contributed by atoms with Gasteiger partial charge < -0.3 is 5.11 Å². The average molecular weight is 289 g/mol. The standard InChI is InChI=1S/C12H19NO3S2/c1-9(2)10-3-5-13(7-10)18(15,16)12-4-6-17-11(12)8-14/h4,6,9-10,14H,3,5,7-8H2,1-2H3. The van der Waals surface area contributed by atoms with Crippen LogP contribution in [0.5, 0.6) is 0 Å². The Morgan fingerprint density at radius 1 is 1.56 bits per heavy atom. The maximum absolute atomic E-state index is 12.5. The molecule has 0 radical (unpaired) electrons. The van der Waals surface area contributed by atoms with E-state index in [-0.39, 0.29) is 11.5 Å². The molecule has 0 amide bonds. The van der Waals surface area contributed by atoms with Crippen LogP contribution in [0.25, 0.3) is 0 Å². The van der Waals surface area contributed by atoms with Crippen LogP contribution in [-0.4, -0.2) is 30.9 Å². The van der Waals surface area contributed by atoms with Crippen molar-refractivity contribution < 1.29 is 13.5 Å². The second kappa shape index (κ2) is 5.28. The lowest BCUT2D eigenvalue weighted by Crippen LogP contribution is -2.29. The quantitative estimate of drug-likeness (QED) is 0.921. The SMILES string of the molecule is CC(C)C1CCN(S(=O)(=O)c2ccsc2CO)C1. The summed E-state index contributed by atoms with van der Waals surface area (Å²) in [5, 5.41) is 10.9. The second-order valence-corrected chi connectivity index (χ2v) is 7.93. The van der Waals surface area contributed by atoms with Gasteiger partial charge in [0.1, 0.15) is 0 Å². The van der Waals surface area contributed by atoms with Gasteiger partial charge in [-0.3, -0.25) is 0 Å². The first-order valence-electron chi connectivity index (χ1n) is 6.14. The highest BCUT2D eigenvalue weighted by molar-refractivity contribution is 7.89. The van der Waals surface area contributed by atoms with Crippen molar-refractivity contribution in [3.63, 3.8) is 0 Å². The van der Waals surface area contributed by atoms with Crippen molar-refractivity contribution in [1.29, 1.82) is 0 Å². The van der Waals surface area contributed by atoms with Crippen LogP contribution in [0.4, 0.5) is 0 Å². The zero-order valence-electron chi connectivity index (χ0n) is 10.7. The van der Waals surface area contributed by atoms with E-state index in [1.54, 1.807) is 15.8 Å². The van der Waals surface area contributed by atoms with Crippen molar-refractivity contribution in [2.24, 2.45) is 11.8 Å². The minimum absolute atomic E-state index is 0.215. The maximum atomic E-state index is 12.5. The van der Waals surface area contributed by atoms with Gasteiger partial charge >= 0.3 is 0 Å². The van der Waals surface area contributed by atoms with E-state index in [2.05, 4.69) is 13.8 Å². The van der Waals surface area contributed by atoms with Gasteiger partial charge in [0.15, 0.2) is 0 Å². The van der Waals surface area contributed by atoms with E-state index in [4.69, 9.17) is 0 Å². The number of aliphatic hydroxyl groups excluding tert-OH is 1. The third kappa shape index (κ3) is 2.47. The van der Waals surface area contributed by atoms with E-state index >= 15 is 0 Å². The maximum Gasteiger partial charge on any atom is 0.244 e. The Hall–Kier alpha value is -0.430. The molecule has 0 aliphatic carbocycles. The highest BCUT2D eigenvalue weighted by atomic mass is 32.2. The van der Waals surface area contributed by atoms with Crippen LogP contribution in [0.15, 0.2) is 16.3 Å². The molecule has 2 rings (SSSR count). The smallest absolute Gasteiger partial charge is 0.244 e. The summed E-state index contributed by atoms with van der Waals surface area (Å²) in [5.74, 6) is 0.945. The van der Waals surface area contributed by atoms with Crippen LogP contribution < -0.4 is 0 Å². The van der Waals surface area contributed by atoms with Crippen LogP contribution in [-0.2, 0) is 16.6 Å². The number of rotatable bonds is 4. The Balaban J connectivity index is 2.23. The molecule has 1 N–H and O–H groups in total. The van der Waals surface area contributed by atoms with E-state index < -0.39 is 10.0 Å². The molecule has 1 saturated heterocycles. The minimum Gasteiger partial charge on any atom is -0.391 e. The van der Waals surface area contributed by atoms with Gasteiger partial charge in [-0.05, 0) is 29.7 Å². The van der Waals surface area contributed by atoms with Crippen molar-refractivity contribution >= 4 is 21.4 Å². The van der Waals surface area contributed by atoms with E-state index in [0.717, 1.165) is 6.42 Å². The third-order valence-corrected chi connectivity index (χ3v) is 6.58. The zero-order chi connectivity index (χ0) is 13.3. The Labute approximate surface area is 112 Å². The molecule has 1 aliphatic heterocycles. The van der Waals surface area contributed by atoms with Gasteiger partial charge in [0.05, 0.1) is 11.5 Å². The molecule has 0 aromatic carbocycles. The van der Waals surface area contributed by atoms with Crippen molar-refractivity contribution in [1.82, 2.24) is 4.31 Å². The number of hydrogen-bond donors (Lipinski definition) is 1. The molecule has 6 heteroatoms. The molecule has 4 nitrogen and oxygen atoms in total. The highest BCUT2D eigenvalue weighted by Gasteiger charge is 2.34. The molecule has 1 fully saturated rings. The first-order valence-corrected chi connectivity index (χ1v) is 8.46. The van der Waals surface area contributed by atoms with Crippen molar-refractivity contribution in [2.75, 3.05) is 13.1 Å². The predicted molar refractivity (Wildman–Crippen MR) is 71.9 cm³/mol. The number of nitrogens with zero attached hydrogens (tertiary/aromatic N) is 1. The lowest BCUT2D eigenvalue weighted by Gasteiger charge is -2.18. The van der Waals surface area contributed by atoms with Crippen LogP contribution in [0.3, 0.4) is 0 Å². The van der Waals surface area contributed by atoms with Crippen LogP contribution in [0.2, 0.25) is 0 Å². The van der Waals surface area contributed by atoms with Gasteiger partial charge in [-0.1, -0.05) is 13.8 Å². The average Bonchev–Trinajstić information content (AvgIpc) is 2.98. The molecule has 1 atom stereocenters. The molecule has 0 saturated carbocycles.